The number of hydrogen-bond acceptors (Lipinski definition) is 2. The first kappa shape index (κ1) is 21.0. The van der Waals surface area contributed by atoms with Gasteiger partial charge in [-0.25, -0.2) is 0 Å². The van der Waals surface area contributed by atoms with Crippen LogP contribution in [0.4, 0.5) is 0 Å². The summed E-state index contributed by atoms with van der Waals surface area (Å²) in [6.07, 6.45) is 8.24. The molecule has 3 aromatic carbocycles. The van der Waals surface area contributed by atoms with Crippen molar-refractivity contribution in [3.05, 3.63) is 95.6 Å². The Morgan fingerprint density at radius 1 is 0.750 bits per heavy atom. The van der Waals surface area contributed by atoms with Gasteiger partial charge in [-0.1, -0.05) is 78.9 Å². The van der Waals surface area contributed by atoms with Crippen molar-refractivity contribution in [2.45, 2.75) is 56.4 Å². The molecule has 0 bridgehead atoms. The Morgan fingerprint density at radius 3 is 1.97 bits per heavy atom. The van der Waals surface area contributed by atoms with Crippen molar-refractivity contribution in [3.8, 4) is 17.2 Å². The van der Waals surface area contributed by atoms with Crippen LogP contribution in [0.2, 0.25) is 0 Å². The molecular weight excluding hydrogens is 388 g/mol. The summed E-state index contributed by atoms with van der Waals surface area (Å²) in [5.74, 6) is 0. The van der Waals surface area contributed by atoms with Crippen molar-refractivity contribution >= 4 is 0 Å². The molecule has 0 heterocycles. The first-order valence-corrected chi connectivity index (χ1v) is 12.2. The topological polar surface area (TPSA) is 27.0 Å². The molecule has 162 valence electrons. The molecule has 0 N–H and O–H groups in total. The molecule has 2 aliphatic rings. The Bertz CT molecular complexity index is 1050. The fourth-order valence-corrected chi connectivity index (χ4v) is 5.52. The molecule has 2 heteroatoms. The Balaban J connectivity index is 1.20. The largest absolute Gasteiger partial charge is 0.300 e. The van der Waals surface area contributed by atoms with Gasteiger partial charge in [-0.15, -0.1) is 0 Å². The van der Waals surface area contributed by atoms with Crippen molar-refractivity contribution in [1.82, 2.24) is 4.90 Å². The van der Waals surface area contributed by atoms with Crippen LogP contribution in [0.5, 0.6) is 0 Å². The minimum Gasteiger partial charge on any atom is -0.300 e. The predicted molar refractivity (Wildman–Crippen MR) is 131 cm³/mol. The fourth-order valence-electron chi connectivity index (χ4n) is 5.52. The van der Waals surface area contributed by atoms with E-state index < -0.39 is 5.41 Å². The first-order valence-electron chi connectivity index (χ1n) is 12.2. The smallest absolute Gasteiger partial charge is 0.108 e. The molecule has 5 rings (SSSR count). The van der Waals surface area contributed by atoms with E-state index in [9.17, 15) is 5.26 Å². The normalized spacial score (nSPS) is 15.9. The zero-order valence-electron chi connectivity index (χ0n) is 18.8. The second-order valence-electron chi connectivity index (χ2n) is 9.42. The highest BCUT2D eigenvalue weighted by Crippen LogP contribution is 2.51. The SMILES string of the molecule is N#CC1(CCCCN(CCCc2ccccc2)C2CC2)c2ccccc2-c2ccccc21. The second-order valence-corrected chi connectivity index (χ2v) is 9.42. The van der Waals surface area contributed by atoms with Gasteiger partial charge in [-0.3, -0.25) is 0 Å². The van der Waals surface area contributed by atoms with Crippen molar-refractivity contribution in [2.75, 3.05) is 13.1 Å². The van der Waals surface area contributed by atoms with E-state index in [1.165, 1.54) is 53.6 Å². The Morgan fingerprint density at radius 2 is 1.34 bits per heavy atom. The number of unbranched alkanes of at least 4 members (excludes halogenated alkanes) is 1. The van der Waals surface area contributed by atoms with Crippen molar-refractivity contribution < 1.29 is 0 Å². The number of fused-ring (bicyclic) bond motifs is 3. The van der Waals surface area contributed by atoms with Crippen LogP contribution >= 0.6 is 0 Å². The van der Waals surface area contributed by atoms with Crippen LogP contribution in [0.3, 0.4) is 0 Å². The van der Waals surface area contributed by atoms with Gasteiger partial charge in [0.1, 0.15) is 5.41 Å². The summed E-state index contributed by atoms with van der Waals surface area (Å²) in [4.78, 5) is 2.71. The standard InChI is InChI=1S/C30H32N2/c31-23-30(28-16-6-4-14-26(28)27-15-5-7-17-29(27)30)20-8-9-21-32(25-18-19-25)22-10-13-24-11-2-1-3-12-24/h1-7,11-12,14-17,25H,8-10,13,18-22H2. The van der Waals surface area contributed by atoms with Crippen LogP contribution in [0.1, 0.15) is 55.2 Å². The molecule has 0 unspecified atom stereocenters. The van der Waals surface area contributed by atoms with E-state index in [0.29, 0.717) is 0 Å². The Hall–Kier alpha value is -2.89. The second kappa shape index (κ2) is 9.31. The first-order chi connectivity index (χ1) is 15.8. The zero-order valence-corrected chi connectivity index (χ0v) is 18.8. The van der Waals surface area contributed by atoms with Gasteiger partial charge in [-0.05, 0) is 85.9 Å². The molecule has 32 heavy (non-hydrogen) atoms. The molecular formula is C30H32N2. The molecule has 0 radical (unpaired) electrons. The summed E-state index contributed by atoms with van der Waals surface area (Å²) in [6, 6.07) is 31.4. The van der Waals surface area contributed by atoms with Crippen LogP contribution in [0.15, 0.2) is 78.9 Å². The summed E-state index contributed by atoms with van der Waals surface area (Å²) in [5.41, 5.74) is 5.83. The highest BCUT2D eigenvalue weighted by Gasteiger charge is 2.42. The van der Waals surface area contributed by atoms with Gasteiger partial charge in [0.15, 0.2) is 0 Å². The lowest BCUT2D eigenvalue weighted by molar-refractivity contribution is 0.252. The molecule has 3 aromatic rings. The number of nitrogens with zero attached hydrogens (tertiary/aromatic N) is 2. The average molecular weight is 421 g/mol. The number of rotatable bonds is 10. The molecule has 0 amide bonds. The van der Waals surface area contributed by atoms with Gasteiger partial charge < -0.3 is 4.90 Å². The van der Waals surface area contributed by atoms with E-state index in [0.717, 1.165) is 38.3 Å². The van der Waals surface area contributed by atoms with Gasteiger partial charge in [0.25, 0.3) is 0 Å². The van der Waals surface area contributed by atoms with Gasteiger partial charge in [0.05, 0.1) is 6.07 Å². The lowest BCUT2D eigenvalue weighted by atomic mass is 9.75. The van der Waals surface area contributed by atoms with Crippen LogP contribution in [-0.4, -0.2) is 24.0 Å². The predicted octanol–water partition coefficient (Wildman–Crippen LogP) is 6.74. The molecule has 2 aliphatic carbocycles. The fraction of sp³-hybridized carbons (Fsp3) is 0.367. The van der Waals surface area contributed by atoms with Crippen molar-refractivity contribution in [2.24, 2.45) is 0 Å². The van der Waals surface area contributed by atoms with Crippen LogP contribution in [0.25, 0.3) is 11.1 Å². The van der Waals surface area contributed by atoms with Crippen LogP contribution in [0, 0.1) is 11.3 Å². The molecule has 0 spiro atoms. The van der Waals surface area contributed by atoms with E-state index in [1.807, 2.05) is 0 Å². The van der Waals surface area contributed by atoms with Crippen LogP contribution < -0.4 is 0 Å². The monoisotopic (exact) mass is 420 g/mol. The van der Waals surface area contributed by atoms with Crippen molar-refractivity contribution in [1.29, 1.82) is 5.26 Å². The van der Waals surface area contributed by atoms with E-state index in [1.54, 1.807) is 0 Å². The Kier molecular flexibility index (Phi) is 6.10. The van der Waals surface area contributed by atoms with Gasteiger partial charge >= 0.3 is 0 Å². The summed E-state index contributed by atoms with van der Waals surface area (Å²) in [5, 5.41) is 10.4. The molecule has 0 aromatic heterocycles. The van der Waals surface area contributed by atoms with Gasteiger partial charge in [0, 0.05) is 6.04 Å². The molecule has 1 saturated carbocycles. The number of benzene rings is 3. The minimum absolute atomic E-state index is 0.495. The maximum absolute atomic E-state index is 10.4. The lowest BCUT2D eigenvalue weighted by Gasteiger charge is -2.26. The number of nitriles is 1. The maximum atomic E-state index is 10.4. The average Bonchev–Trinajstić information content (AvgIpc) is 3.66. The molecule has 0 saturated heterocycles. The van der Waals surface area contributed by atoms with Gasteiger partial charge in [-0.2, -0.15) is 5.26 Å². The summed E-state index contributed by atoms with van der Waals surface area (Å²) >= 11 is 0. The van der Waals surface area contributed by atoms with E-state index >= 15 is 0 Å². The maximum Gasteiger partial charge on any atom is 0.108 e. The molecule has 0 atom stereocenters. The quantitative estimate of drug-likeness (QED) is 0.339. The van der Waals surface area contributed by atoms with Crippen molar-refractivity contribution in [3.63, 3.8) is 0 Å². The zero-order chi connectivity index (χ0) is 21.8. The third kappa shape index (κ3) is 4.10. The van der Waals surface area contributed by atoms with E-state index in [4.69, 9.17) is 0 Å². The molecule has 1 fully saturated rings. The van der Waals surface area contributed by atoms with E-state index in [2.05, 4.69) is 89.8 Å². The number of hydrogen-bond donors (Lipinski definition) is 0. The van der Waals surface area contributed by atoms with Crippen LogP contribution in [-0.2, 0) is 11.8 Å². The highest BCUT2D eigenvalue weighted by molar-refractivity contribution is 5.82. The highest BCUT2D eigenvalue weighted by atomic mass is 15.2. The Labute approximate surface area is 192 Å². The third-order valence-electron chi connectivity index (χ3n) is 7.32. The molecule has 2 nitrogen and oxygen atoms in total. The van der Waals surface area contributed by atoms with Gasteiger partial charge in [0.2, 0.25) is 0 Å². The molecule has 0 aliphatic heterocycles. The lowest BCUT2D eigenvalue weighted by Crippen LogP contribution is -2.29. The number of aryl methyl sites for hydroxylation is 1. The van der Waals surface area contributed by atoms with E-state index in [-0.39, 0.29) is 0 Å². The third-order valence-corrected chi connectivity index (χ3v) is 7.32. The minimum atomic E-state index is -0.495. The summed E-state index contributed by atoms with van der Waals surface area (Å²) in [7, 11) is 0. The summed E-state index contributed by atoms with van der Waals surface area (Å²) < 4.78 is 0. The summed E-state index contributed by atoms with van der Waals surface area (Å²) in [6.45, 7) is 2.35.